The van der Waals surface area contributed by atoms with E-state index in [1.54, 1.807) is 30.1 Å². The minimum absolute atomic E-state index is 0.208. The molecule has 0 saturated carbocycles. The van der Waals surface area contributed by atoms with Crippen LogP contribution in [0.4, 0.5) is 5.69 Å². The third kappa shape index (κ3) is 4.77. The number of para-hydroxylation sites is 1. The fourth-order valence-electron chi connectivity index (χ4n) is 2.27. The molecule has 1 aromatic rings. The molecule has 1 saturated heterocycles. The Balaban J connectivity index is 1.96. The van der Waals surface area contributed by atoms with Crippen molar-refractivity contribution in [1.29, 1.82) is 0 Å². The summed E-state index contributed by atoms with van der Waals surface area (Å²) in [7, 11) is 2.00. The monoisotopic (exact) mass is 334 g/mol. The lowest BCUT2D eigenvalue weighted by Gasteiger charge is -2.32. The van der Waals surface area contributed by atoms with Crippen LogP contribution < -0.4 is 10.7 Å². The van der Waals surface area contributed by atoms with Crippen LogP contribution in [0.2, 0.25) is 0 Å². The van der Waals surface area contributed by atoms with E-state index in [2.05, 4.69) is 15.6 Å². The number of hydrazine groups is 1. The molecular formula is C16H22N4O4. The first kappa shape index (κ1) is 17.9. The Bertz CT molecular complexity index is 612. The van der Waals surface area contributed by atoms with E-state index >= 15 is 0 Å². The molecule has 0 atom stereocenters. The third-order valence-corrected chi connectivity index (χ3v) is 3.64. The molecule has 8 heteroatoms. The molecule has 0 radical (unpaired) electrons. The van der Waals surface area contributed by atoms with Crippen LogP contribution in [0.3, 0.4) is 0 Å². The van der Waals surface area contributed by atoms with Gasteiger partial charge in [0.1, 0.15) is 0 Å². The lowest BCUT2D eigenvalue weighted by molar-refractivity contribution is -0.139. The predicted molar refractivity (Wildman–Crippen MR) is 88.2 cm³/mol. The van der Waals surface area contributed by atoms with E-state index < -0.39 is 17.8 Å². The largest absolute Gasteiger partial charge is 0.462 e. The molecule has 2 amide bonds. The summed E-state index contributed by atoms with van der Waals surface area (Å²) < 4.78 is 4.94. The van der Waals surface area contributed by atoms with E-state index in [1.807, 2.05) is 7.05 Å². The second-order valence-electron chi connectivity index (χ2n) is 5.45. The molecule has 2 rings (SSSR count). The number of piperazine rings is 1. The molecule has 1 aromatic carbocycles. The van der Waals surface area contributed by atoms with Gasteiger partial charge in [-0.1, -0.05) is 12.1 Å². The highest BCUT2D eigenvalue weighted by Crippen LogP contribution is 2.16. The quantitative estimate of drug-likeness (QED) is 0.599. The fourth-order valence-corrected chi connectivity index (χ4v) is 2.27. The first-order valence-electron chi connectivity index (χ1n) is 7.83. The molecule has 1 fully saturated rings. The summed E-state index contributed by atoms with van der Waals surface area (Å²) in [6.45, 7) is 4.85. The number of benzene rings is 1. The van der Waals surface area contributed by atoms with Gasteiger partial charge in [-0.2, -0.15) is 0 Å². The summed E-state index contributed by atoms with van der Waals surface area (Å²) in [6, 6.07) is 6.40. The lowest BCUT2D eigenvalue weighted by atomic mass is 10.2. The molecule has 0 spiro atoms. The van der Waals surface area contributed by atoms with Gasteiger partial charge in [0, 0.05) is 26.2 Å². The maximum absolute atomic E-state index is 12.1. The minimum Gasteiger partial charge on any atom is -0.462 e. The number of rotatable bonds is 4. The van der Waals surface area contributed by atoms with Crippen LogP contribution in [0, 0.1) is 0 Å². The van der Waals surface area contributed by atoms with Gasteiger partial charge in [0.2, 0.25) is 0 Å². The maximum Gasteiger partial charge on any atom is 0.340 e. The SMILES string of the molecule is CCOC(=O)c1ccccc1NC(=O)C(=O)NN1CCN(C)CC1. The first-order chi connectivity index (χ1) is 11.5. The van der Waals surface area contributed by atoms with Gasteiger partial charge in [-0.05, 0) is 26.1 Å². The Labute approximate surface area is 140 Å². The molecule has 1 heterocycles. The summed E-state index contributed by atoms with van der Waals surface area (Å²) in [5.41, 5.74) is 3.03. The molecule has 0 bridgehead atoms. The molecule has 1 aliphatic heterocycles. The zero-order chi connectivity index (χ0) is 17.5. The third-order valence-electron chi connectivity index (χ3n) is 3.64. The van der Waals surface area contributed by atoms with Crippen LogP contribution in [-0.2, 0) is 14.3 Å². The van der Waals surface area contributed by atoms with Gasteiger partial charge < -0.3 is 15.0 Å². The van der Waals surface area contributed by atoms with Crippen molar-refractivity contribution < 1.29 is 19.1 Å². The summed E-state index contributed by atoms with van der Waals surface area (Å²) in [5, 5.41) is 4.17. The highest BCUT2D eigenvalue weighted by Gasteiger charge is 2.22. The predicted octanol–water partition coefficient (Wildman–Crippen LogP) is 0.0804. The summed E-state index contributed by atoms with van der Waals surface area (Å²) in [5.74, 6) is -2.14. The molecule has 0 aromatic heterocycles. The number of nitrogens with zero attached hydrogens (tertiary/aromatic N) is 2. The lowest BCUT2D eigenvalue weighted by Crippen LogP contribution is -2.54. The Morgan fingerprint density at radius 3 is 2.42 bits per heavy atom. The van der Waals surface area contributed by atoms with Crippen molar-refractivity contribution in [1.82, 2.24) is 15.3 Å². The Kier molecular flexibility index (Phi) is 6.28. The zero-order valence-corrected chi connectivity index (χ0v) is 13.9. The molecule has 8 nitrogen and oxygen atoms in total. The summed E-state index contributed by atoms with van der Waals surface area (Å²) >= 11 is 0. The first-order valence-corrected chi connectivity index (χ1v) is 7.83. The van der Waals surface area contributed by atoms with Crippen LogP contribution in [-0.4, -0.2) is 67.5 Å². The maximum atomic E-state index is 12.1. The van der Waals surface area contributed by atoms with Crippen LogP contribution in [0.5, 0.6) is 0 Å². The van der Waals surface area contributed by atoms with Crippen molar-refractivity contribution in [3.05, 3.63) is 29.8 Å². The standard InChI is InChI=1S/C16H22N4O4/c1-3-24-16(23)12-6-4-5-7-13(12)17-14(21)15(22)18-20-10-8-19(2)9-11-20/h4-7H,3,8-11H2,1-2H3,(H,17,21)(H,18,22). The second-order valence-corrected chi connectivity index (χ2v) is 5.45. The molecule has 1 aliphatic rings. The van der Waals surface area contributed by atoms with Crippen molar-refractivity contribution in [2.45, 2.75) is 6.92 Å². The zero-order valence-electron chi connectivity index (χ0n) is 13.9. The van der Waals surface area contributed by atoms with Crippen LogP contribution >= 0.6 is 0 Å². The number of nitrogens with one attached hydrogen (secondary N) is 2. The smallest absolute Gasteiger partial charge is 0.340 e. The van der Waals surface area contributed by atoms with Gasteiger partial charge >= 0.3 is 17.8 Å². The summed E-state index contributed by atoms with van der Waals surface area (Å²) in [4.78, 5) is 38.1. The van der Waals surface area contributed by atoms with Crippen LogP contribution in [0.15, 0.2) is 24.3 Å². The van der Waals surface area contributed by atoms with E-state index in [0.29, 0.717) is 13.1 Å². The van der Waals surface area contributed by atoms with E-state index in [4.69, 9.17) is 4.74 Å². The molecule has 0 unspecified atom stereocenters. The highest BCUT2D eigenvalue weighted by molar-refractivity contribution is 6.39. The van der Waals surface area contributed by atoms with E-state index in [0.717, 1.165) is 13.1 Å². The Morgan fingerprint density at radius 2 is 1.75 bits per heavy atom. The van der Waals surface area contributed by atoms with E-state index in [-0.39, 0.29) is 17.9 Å². The average molecular weight is 334 g/mol. The molecule has 2 N–H and O–H groups in total. The number of anilines is 1. The van der Waals surface area contributed by atoms with Gasteiger partial charge in [0.25, 0.3) is 0 Å². The number of hydrogen-bond donors (Lipinski definition) is 2. The van der Waals surface area contributed by atoms with Gasteiger partial charge in [0.05, 0.1) is 17.9 Å². The van der Waals surface area contributed by atoms with Gasteiger partial charge in [0.15, 0.2) is 0 Å². The minimum atomic E-state index is -0.828. The summed E-state index contributed by atoms with van der Waals surface area (Å²) in [6.07, 6.45) is 0. The van der Waals surface area contributed by atoms with E-state index in [9.17, 15) is 14.4 Å². The topological polar surface area (TPSA) is 91.0 Å². The van der Waals surface area contributed by atoms with Crippen molar-refractivity contribution >= 4 is 23.5 Å². The van der Waals surface area contributed by atoms with Crippen LogP contribution in [0.1, 0.15) is 17.3 Å². The van der Waals surface area contributed by atoms with Crippen LogP contribution in [0.25, 0.3) is 0 Å². The van der Waals surface area contributed by atoms with Crippen molar-refractivity contribution in [3.63, 3.8) is 0 Å². The molecular weight excluding hydrogens is 312 g/mol. The second kappa shape index (κ2) is 8.42. The fraction of sp³-hybridized carbons (Fsp3) is 0.438. The number of ether oxygens (including phenoxy) is 1. The van der Waals surface area contributed by atoms with Crippen molar-refractivity contribution in [2.24, 2.45) is 0 Å². The highest BCUT2D eigenvalue weighted by atomic mass is 16.5. The molecule has 24 heavy (non-hydrogen) atoms. The van der Waals surface area contributed by atoms with E-state index in [1.165, 1.54) is 6.07 Å². The average Bonchev–Trinajstić information content (AvgIpc) is 2.57. The van der Waals surface area contributed by atoms with Gasteiger partial charge in [-0.25, -0.2) is 9.80 Å². The van der Waals surface area contributed by atoms with Crippen molar-refractivity contribution in [3.8, 4) is 0 Å². The van der Waals surface area contributed by atoms with Gasteiger partial charge in [-0.3, -0.25) is 15.0 Å². The molecule has 0 aliphatic carbocycles. The number of carbonyl (C=O) groups excluding carboxylic acids is 3. The normalized spacial score (nSPS) is 15.6. The number of hydrogen-bond acceptors (Lipinski definition) is 6. The Morgan fingerprint density at radius 1 is 1.08 bits per heavy atom. The van der Waals surface area contributed by atoms with Gasteiger partial charge in [-0.15, -0.1) is 0 Å². The molecule has 130 valence electrons. The number of amides is 2. The number of likely N-dealkylation sites (N-methyl/N-ethyl adjacent to an activating group) is 1. The number of carbonyl (C=O) groups is 3. The van der Waals surface area contributed by atoms with Crippen molar-refractivity contribution in [2.75, 3.05) is 45.2 Å². The number of esters is 1. The Hall–Kier alpha value is -2.45.